The van der Waals surface area contributed by atoms with E-state index in [1.54, 1.807) is 0 Å². The van der Waals surface area contributed by atoms with Gasteiger partial charge in [-0.25, -0.2) is 0 Å². The normalized spacial score (nSPS) is 12.5. The van der Waals surface area contributed by atoms with Crippen LogP contribution in [0, 0.1) is 0 Å². The van der Waals surface area contributed by atoms with Crippen molar-refractivity contribution < 1.29 is 0 Å². The fourth-order valence-corrected chi connectivity index (χ4v) is 2.48. The summed E-state index contributed by atoms with van der Waals surface area (Å²) >= 11 is 0. The van der Waals surface area contributed by atoms with E-state index in [0.717, 1.165) is 31.7 Å². The zero-order valence-corrected chi connectivity index (χ0v) is 13.0. The van der Waals surface area contributed by atoms with Crippen molar-refractivity contribution in [2.75, 3.05) is 26.7 Å². The molecule has 0 spiro atoms. The van der Waals surface area contributed by atoms with Gasteiger partial charge >= 0.3 is 0 Å². The molecule has 2 rings (SSSR count). The van der Waals surface area contributed by atoms with Gasteiger partial charge in [-0.3, -0.25) is 9.88 Å². The SMILES string of the molecule is CCNCC(c1ccccc1)N(C)CCc1ccccn1. The minimum atomic E-state index is 0.398. The first kappa shape index (κ1) is 15.7. The molecule has 1 N–H and O–H groups in total. The summed E-state index contributed by atoms with van der Waals surface area (Å²) in [6, 6.07) is 17.2. The highest BCUT2D eigenvalue weighted by Crippen LogP contribution is 2.18. The molecule has 1 atom stereocenters. The van der Waals surface area contributed by atoms with E-state index in [-0.39, 0.29) is 0 Å². The number of nitrogens with zero attached hydrogens (tertiary/aromatic N) is 2. The van der Waals surface area contributed by atoms with Crippen LogP contribution < -0.4 is 5.32 Å². The average Bonchev–Trinajstić information content (AvgIpc) is 2.55. The lowest BCUT2D eigenvalue weighted by atomic mass is 10.1. The minimum Gasteiger partial charge on any atom is -0.315 e. The van der Waals surface area contributed by atoms with E-state index in [4.69, 9.17) is 0 Å². The quantitative estimate of drug-likeness (QED) is 0.807. The smallest absolute Gasteiger partial charge is 0.0469 e. The van der Waals surface area contributed by atoms with E-state index in [1.807, 2.05) is 12.3 Å². The Morgan fingerprint density at radius 1 is 1.10 bits per heavy atom. The first-order chi connectivity index (χ1) is 10.3. The van der Waals surface area contributed by atoms with Crippen molar-refractivity contribution in [1.82, 2.24) is 15.2 Å². The zero-order chi connectivity index (χ0) is 14.9. The van der Waals surface area contributed by atoms with Crippen molar-refractivity contribution in [2.45, 2.75) is 19.4 Å². The molecule has 112 valence electrons. The van der Waals surface area contributed by atoms with Crippen molar-refractivity contribution in [1.29, 1.82) is 0 Å². The second-order valence-corrected chi connectivity index (χ2v) is 5.29. The molecule has 0 aliphatic heterocycles. The molecule has 21 heavy (non-hydrogen) atoms. The van der Waals surface area contributed by atoms with Gasteiger partial charge in [0.15, 0.2) is 0 Å². The number of nitrogens with one attached hydrogen (secondary N) is 1. The Balaban J connectivity index is 1.99. The number of hydrogen-bond donors (Lipinski definition) is 1. The standard InChI is InChI=1S/C18H25N3/c1-3-19-15-18(16-9-5-4-6-10-16)21(2)14-12-17-11-7-8-13-20-17/h4-11,13,18-19H,3,12,14-15H2,1-2H3. The lowest BCUT2D eigenvalue weighted by molar-refractivity contribution is 0.241. The van der Waals surface area contributed by atoms with Crippen LogP contribution in [0.25, 0.3) is 0 Å². The molecule has 0 aliphatic carbocycles. The number of rotatable bonds is 8. The van der Waals surface area contributed by atoms with Crippen LogP contribution in [-0.4, -0.2) is 36.6 Å². The van der Waals surface area contributed by atoms with Gasteiger partial charge in [0.05, 0.1) is 0 Å². The summed E-state index contributed by atoms with van der Waals surface area (Å²) in [7, 11) is 2.19. The Bertz CT molecular complexity index is 498. The Labute approximate surface area is 128 Å². The molecule has 0 bridgehead atoms. The Kier molecular flexibility index (Phi) is 6.38. The van der Waals surface area contributed by atoms with Gasteiger partial charge in [0.25, 0.3) is 0 Å². The fraction of sp³-hybridized carbons (Fsp3) is 0.389. The van der Waals surface area contributed by atoms with Crippen molar-refractivity contribution >= 4 is 0 Å². The molecule has 1 heterocycles. The number of pyridine rings is 1. The molecular weight excluding hydrogens is 258 g/mol. The van der Waals surface area contributed by atoms with Crippen molar-refractivity contribution in [3.63, 3.8) is 0 Å². The van der Waals surface area contributed by atoms with Crippen molar-refractivity contribution in [3.05, 3.63) is 66.0 Å². The minimum absolute atomic E-state index is 0.398. The second-order valence-electron chi connectivity index (χ2n) is 5.29. The van der Waals surface area contributed by atoms with Gasteiger partial charge in [0.2, 0.25) is 0 Å². The summed E-state index contributed by atoms with van der Waals surface area (Å²) in [5.74, 6) is 0. The van der Waals surface area contributed by atoms with Gasteiger partial charge in [-0.1, -0.05) is 43.3 Å². The molecule has 1 aromatic carbocycles. The summed E-state index contributed by atoms with van der Waals surface area (Å²) < 4.78 is 0. The molecule has 0 radical (unpaired) electrons. The van der Waals surface area contributed by atoms with Crippen LogP contribution in [0.3, 0.4) is 0 Å². The summed E-state index contributed by atoms with van der Waals surface area (Å²) in [5, 5.41) is 3.47. The van der Waals surface area contributed by atoms with Crippen LogP contribution in [0.2, 0.25) is 0 Å². The highest BCUT2D eigenvalue weighted by atomic mass is 15.1. The third-order valence-corrected chi connectivity index (χ3v) is 3.75. The maximum Gasteiger partial charge on any atom is 0.0469 e. The third kappa shape index (κ3) is 4.96. The Morgan fingerprint density at radius 3 is 2.52 bits per heavy atom. The van der Waals surface area contributed by atoms with E-state index in [0.29, 0.717) is 6.04 Å². The van der Waals surface area contributed by atoms with Crippen LogP contribution in [0.1, 0.15) is 24.2 Å². The van der Waals surface area contributed by atoms with E-state index >= 15 is 0 Å². The zero-order valence-electron chi connectivity index (χ0n) is 13.0. The van der Waals surface area contributed by atoms with Gasteiger partial charge in [0, 0.05) is 37.4 Å². The summed E-state index contributed by atoms with van der Waals surface area (Å²) in [6.07, 6.45) is 2.84. The van der Waals surface area contributed by atoms with Gasteiger partial charge in [0.1, 0.15) is 0 Å². The molecule has 2 aromatic rings. The molecule has 3 heteroatoms. The van der Waals surface area contributed by atoms with Crippen LogP contribution in [-0.2, 0) is 6.42 Å². The molecule has 0 fully saturated rings. The van der Waals surface area contributed by atoms with Crippen molar-refractivity contribution in [3.8, 4) is 0 Å². The second kappa shape index (κ2) is 8.55. The Hall–Kier alpha value is -1.71. The number of likely N-dealkylation sites (N-methyl/N-ethyl adjacent to an activating group) is 2. The van der Waals surface area contributed by atoms with E-state index in [1.165, 1.54) is 5.56 Å². The van der Waals surface area contributed by atoms with Gasteiger partial charge < -0.3 is 5.32 Å². The van der Waals surface area contributed by atoms with Crippen LogP contribution in [0.15, 0.2) is 54.7 Å². The fourth-order valence-electron chi connectivity index (χ4n) is 2.48. The lowest BCUT2D eigenvalue weighted by Gasteiger charge is -2.28. The Morgan fingerprint density at radius 2 is 1.86 bits per heavy atom. The van der Waals surface area contributed by atoms with Gasteiger partial charge in [-0.05, 0) is 31.3 Å². The number of benzene rings is 1. The van der Waals surface area contributed by atoms with Crippen LogP contribution in [0.5, 0.6) is 0 Å². The van der Waals surface area contributed by atoms with Gasteiger partial charge in [-0.2, -0.15) is 0 Å². The molecule has 1 aromatic heterocycles. The monoisotopic (exact) mass is 283 g/mol. The highest BCUT2D eigenvalue weighted by Gasteiger charge is 2.16. The molecule has 0 aliphatic rings. The number of aromatic nitrogens is 1. The van der Waals surface area contributed by atoms with Gasteiger partial charge in [-0.15, -0.1) is 0 Å². The molecule has 0 amide bonds. The lowest BCUT2D eigenvalue weighted by Crippen LogP contribution is -2.34. The molecule has 1 unspecified atom stereocenters. The van der Waals surface area contributed by atoms with E-state index in [2.05, 4.69) is 71.6 Å². The highest BCUT2D eigenvalue weighted by molar-refractivity contribution is 5.19. The first-order valence-corrected chi connectivity index (χ1v) is 7.67. The molecular formula is C18H25N3. The average molecular weight is 283 g/mol. The maximum atomic E-state index is 4.40. The van der Waals surface area contributed by atoms with E-state index in [9.17, 15) is 0 Å². The number of hydrogen-bond acceptors (Lipinski definition) is 3. The molecule has 3 nitrogen and oxygen atoms in total. The predicted octanol–water partition coefficient (Wildman–Crippen LogP) is 2.91. The van der Waals surface area contributed by atoms with Crippen molar-refractivity contribution in [2.24, 2.45) is 0 Å². The first-order valence-electron chi connectivity index (χ1n) is 7.67. The van der Waals surface area contributed by atoms with E-state index < -0.39 is 0 Å². The third-order valence-electron chi connectivity index (χ3n) is 3.75. The van der Waals surface area contributed by atoms with Crippen LogP contribution >= 0.6 is 0 Å². The maximum absolute atomic E-state index is 4.40. The topological polar surface area (TPSA) is 28.2 Å². The largest absolute Gasteiger partial charge is 0.315 e. The molecule has 0 saturated carbocycles. The summed E-state index contributed by atoms with van der Waals surface area (Å²) in [6.45, 7) is 5.12. The van der Waals surface area contributed by atoms with Crippen LogP contribution in [0.4, 0.5) is 0 Å². The predicted molar refractivity (Wildman–Crippen MR) is 88.3 cm³/mol. The molecule has 0 saturated heterocycles. The summed E-state index contributed by atoms with van der Waals surface area (Å²) in [5.41, 5.74) is 2.52. The summed E-state index contributed by atoms with van der Waals surface area (Å²) in [4.78, 5) is 6.81.